The number of rotatable bonds is 9. The van der Waals surface area contributed by atoms with Crippen LogP contribution in [0.5, 0.6) is 0 Å². The van der Waals surface area contributed by atoms with Gasteiger partial charge in [-0.15, -0.1) is 0 Å². The molecule has 1 aliphatic heterocycles. The summed E-state index contributed by atoms with van der Waals surface area (Å²) in [6.07, 6.45) is 7.56. The molecule has 3 fully saturated rings. The van der Waals surface area contributed by atoms with Crippen molar-refractivity contribution in [1.29, 1.82) is 5.26 Å². The lowest BCUT2D eigenvalue weighted by Gasteiger charge is -2.42. The summed E-state index contributed by atoms with van der Waals surface area (Å²) in [6, 6.07) is 11.0. The van der Waals surface area contributed by atoms with Gasteiger partial charge in [-0.3, -0.25) is 4.79 Å². The largest absolute Gasteiger partial charge is 0.436 e. The molecule has 1 aromatic carbocycles. The summed E-state index contributed by atoms with van der Waals surface area (Å²) in [4.78, 5) is 27.9. The maximum atomic E-state index is 13.4. The minimum atomic E-state index is -0.920. The van der Waals surface area contributed by atoms with Crippen molar-refractivity contribution in [2.24, 2.45) is 17.8 Å². The fourth-order valence-electron chi connectivity index (χ4n) is 6.03. The lowest BCUT2D eigenvalue weighted by Crippen LogP contribution is -2.49. The molecule has 1 saturated heterocycles. The first kappa shape index (κ1) is 26.4. The SMILES string of the molecule is N#CC(COCc1ccccc1)NC(=O)C(CC1CCCC2CCCCC21)OC(=O)N1CCOCC1. The Hall–Kier alpha value is -2.63. The summed E-state index contributed by atoms with van der Waals surface area (Å²) in [5, 5.41) is 12.4. The van der Waals surface area contributed by atoms with Gasteiger partial charge in [0.25, 0.3) is 5.91 Å². The number of hydrogen-bond acceptors (Lipinski definition) is 6. The van der Waals surface area contributed by atoms with Crippen molar-refractivity contribution in [2.75, 3.05) is 32.9 Å². The molecular formula is C28H39N3O5. The molecule has 8 heteroatoms. The summed E-state index contributed by atoms with van der Waals surface area (Å²) in [6.45, 7) is 2.26. The van der Waals surface area contributed by atoms with Crippen molar-refractivity contribution in [3.05, 3.63) is 35.9 Å². The van der Waals surface area contributed by atoms with E-state index in [1.165, 1.54) is 32.1 Å². The fraction of sp³-hybridized carbons (Fsp3) is 0.679. The van der Waals surface area contributed by atoms with Gasteiger partial charge in [0.05, 0.1) is 32.5 Å². The zero-order valence-corrected chi connectivity index (χ0v) is 21.1. The summed E-state index contributed by atoms with van der Waals surface area (Å²) in [5.41, 5.74) is 0.997. The Kier molecular flexibility index (Phi) is 10.00. The van der Waals surface area contributed by atoms with Crippen LogP contribution >= 0.6 is 0 Å². The molecule has 4 rings (SSSR count). The number of ether oxygens (including phenoxy) is 3. The van der Waals surface area contributed by atoms with Crippen molar-refractivity contribution in [2.45, 2.75) is 70.1 Å². The Morgan fingerprint density at radius 1 is 1.08 bits per heavy atom. The monoisotopic (exact) mass is 497 g/mol. The molecule has 0 spiro atoms. The third kappa shape index (κ3) is 7.44. The summed E-state index contributed by atoms with van der Waals surface area (Å²) in [7, 11) is 0. The maximum absolute atomic E-state index is 13.4. The molecule has 2 amide bonds. The first-order valence-electron chi connectivity index (χ1n) is 13.5. The fourth-order valence-corrected chi connectivity index (χ4v) is 6.03. The number of morpholine rings is 1. The highest BCUT2D eigenvalue weighted by Gasteiger charge is 2.39. The van der Waals surface area contributed by atoms with Gasteiger partial charge >= 0.3 is 6.09 Å². The molecule has 0 aromatic heterocycles. The molecule has 5 atom stereocenters. The molecule has 3 aliphatic rings. The van der Waals surface area contributed by atoms with Crippen LogP contribution in [0.2, 0.25) is 0 Å². The first-order valence-corrected chi connectivity index (χ1v) is 13.5. The van der Waals surface area contributed by atoms with Crippen molar-refractivity contribution < 1.29 is 23.8 Å². The molecule has 196 valence electrons. The van der Waals surface area contributed by atoms with Crippen molar-refractivity contribution in [1.82, 2.24) is 10.2 Å². The van der Waals surface area contributed by atoms with E-state index in [4.69, 9.17) is 14.2 Å². The van der Waals surface area contributed by atoms with E-state index in [0.29, 0.717) is 51.2 Å². The quantitative estimate of drug-likeness (QED) is 0.553. The Labute approximate surface area is 214 Å². The Morgan fingerprint density at radius 2 is 1.83 bits per heavy atom. The van der Waals surface area contributed by atoms with Crippen LogP contribution in [0.25, 0.3) is 0 Å². The van der Waals surface area contributed by atoms with Crippen LogP contribution in [0.3, 0.4) is 0 Å². The standard InChI is InChI=1S/C28H39N3O5/c29-18-24(20-35-19-21-7-2-1-3-8-21)30-27(32)26(36-28(33)31-13-15-34-16-14-31)17-23-11-6-10-22-9-4-5-12-25(22)23/h1-3,7-8,22-26H,4-6,9-17,19-20H2,(H,30,32). The molecule has 2 aliphatic carbocycles. The van der Waals surface area contributed by atoms with E-state index in [2.05, 4.69) is 11.4 Å². The van der Waals surface area contributed by atoms with Gasteiger partial charge in [-0.1, -0.05) is 68.9 Å². The smallest absolute Gasteiger partial charge is 0.410 e. The number of fused-ring (bicyclic) bond motifs is 1. The second-order valence-electron chi connectivity index (χ2n) is 10.3. The van der Waals surface area contributed by atoms with Gasteiger partial charge in [0.1, 0.15) is 6.04 Å². The maximum Gasteiger partial charge on any atom is 0.410 e. The molecule has 1 N–H and O–H groups in total. The van der Waals surface area contributed by atoms with Crippen LogP contribution in [0.4, 0.5) is 4.79 Å². The number of hydrogen-bond donors (Lipinski definition) is 1. The molecule has 8 nitrogen and oxygen atoms in total. The number of nitriles is 1. The van der Waals surface area contributed by atoms with E-state index in [1.54, 1.807) is 4.90 Å². The highest BCUT2D eigenvalue weighted by atomic mass is 16.6. The average molecular weight is 498 g/mol. The Bertz CT molecular complexity index is 881. The van der Waals surface area contributed by atoms with E-state index < -0.39 is 24.1 Å². The summed E-state index contributed by atoms with van der Waals surface area (Å²) >= 11 is 0. The van der Waals surface area contributed by atoms with Gasteiger partial charge in [0, 0.05) is 13.1 Å². The number of nitrogens with one attached hydrogen (secondary N) is 1. The molecule has 1 heterocycles. The minimum absolute atomic E-state index is 0.0649. The third-order valence-electron chi connectivity index (χ3n) is 7.91. The lowest BCUT2D eigenvalue weighted by molar-refractivity contribution is -0.132. The van der Waals surface area contributed by atoms with Crippen LogP contribution in [-0.2, 0) is 25.6 Å². The summed E-state index contributed by atoms with van der Waals surface area (Å²) < 4.78 is 16.8. The summed E-state index contributed by atoms with van der Waals surface area (Å²) in [5.74, 6) is 1.25. The average Bonchev–Trinajstić information content (AvgIpc) is 2.93. The second-order valence-corrected chi connectivity index (χ2v) is 10.3. The first-order chi connectivity index (χ1) is 17.6. The van der Waals surface area contributed by atoms with Gasteiger partial charge in [-0.2, -0.15) is 5.26 Å². The number of nitrogens with zero attached hydrogens (tertiary/aromatic N) is 2. The number of amides is 2. The van der Waals surface area contributed by atoms with Gasteiger partial charge in [0.2, 0.25) is 0 Å². The topological polar surface area (TPSA) is 101 Å². The highest BCUT2D eigenvalue weighted by Crippen LogP contribution is 2.45. The lowest BCUT2D eigenvalue weighted by atomic mass is 9.64. The van der Waals surface area contributed by atoms with Crippen molar-refractivity contribution in [3.63, 3.8) is 0 Å². The molecule has 36 heavy (non-hydrogen) atoms. The molecule has 0 bridgehead atoms. The van der Waals surface area contributed by atoms with Gasteiger partial charge in [-0.25, -0.2) is 4.79 Å². The van der Waals surface area contributed by atoms with E-state index >= 15 is 0 Å². The normalized spacial score (nSPS) is 25.6. The van der Waals surface area contributed by atoms with Crippen LogP contribution in [0.15, 0.2) is 30.3 Å². The number of carbonyl (C=O) groups is 2. The van der Waals surface area contributed by atoms with Gasteiger partial charge in [-0.05, 0) is 36.2 Å². The van der Waals surface area contributed by atoms with E-state index in [9.17, 15) is 14.9 Å². The second kappa shape index (κ2) is 13.6. The highest BCUT2D eigenvalue weighted by molar-refractivity contribution is 5.84. The van der Waals surface area contributed by atoms with Crippen LogP contribution < -0.4 is 5.32 Å². The predicted octanol–water partition coefficient (Wildman–Crippen LogP) is 4.05. The third-order valence-corrected chi connectivity index (χ3v) is 7.91. The van der Waals surface area contributed by atoms with Crippen LogP contribution in [0, 0.1) is 29.1 Å². The Morgan fingerprint density at radius 3 is 2.61 bits per heavy atom. The number of carbonyl (C=O) groups excluding carboxylic acids is 2. The minimum Gasteiger partial charge on any atom is -0.436 e. The predicted molar refractivity (Wildman–Crippen MR) is 134 cm³/mol. The zero-order valence-electron chi connectivity index (χ0n) is 21.1. The van der Waals surface area contributed by atoms with Gasteiger partial charge in [0.15, 0.2) is 6.10 Å². The Balaban J connectivity index is 1.38. The van der Waals surface area contributed by atoms with Crippen LogP contribution in [-0.4, -0.2) is 62.0 Å². The molecule has 2 saturated carbocycles. The van der Waals surface area contributed by atoms with E-state index in [-0.39, 0.29) is 6.61 Å². The van der Waals surface area contributed by atoms with Crippen LogP contribution in [0.1, 0.15) is 56.9 Å². The number of benzene rings is 1. The molecule has 1 aromatic rings. The van der Waals surface area contributed by atoms with E-state index in [0.717, 1.165) is 24.3 Å². The van der Waals surface area contributed by atoms with E-state index in [1.807, 2.05) is 30.3 Å². The van der Waals surface area contributed by atoms with Gasteiger partial charge < -0.3 is 24.4 Å². The zero-order chi connectivity index (χ0) is 25.2. The molecule has 5 unspecified atom stereocenters. The molecule has 0 radical (unpaired) electrons. The van der Waals surface area contributed by atoms with Crippen molar-refractivity contribution >= 4 is 12.0 Å². The molecular weight excluding hydrogens is 458 g/mol. The van der Waals surface area contributed by atoms with Crippen molar-refractivity contribution in [3.8, 4) is 6.07 Å².